The number of esters is 1. The van der Waals surface area contributed by atoms with Gasteiger partial charge in [0.2, 0.25) is 6.29 Å². The van der Waals surface area contributed by atoms with Gasteiger partial charge in [-0.3, -0.25) is 9.59 Å². The maximum atomic E-state index is 13.3. The Balaban J connectivity index is 0.00000411. The highest BCUT2D eigenvalue weighted by Gasteiger charge is 2.26. The number of benzene rings is 1. The number of amides is 2. The van der Waals surface area contributed by atoms with E-state index < -0.39 is 30.4 Å². The third-order valence-electron chi connectivity index (χ3n) is 5.60. The van der Waals surface area contributed by atoms with Gasteiger partial charge >= 0.3 is 12.1 Å². The summed E-state index contributed by atoms with van der Waals surface area (Å²) in [7, 11) is 1.47. The Morgan fingerprint density at radius 2 is 1.54 bits per heavy atom. The van der Waals surface area contributed by atoms with Crippen LogP contribution in [0.15, 0.2) is 30.3 Å². The standard InChI is InChI=1S/C28H37N3O8.C2H6/c1-8-17(5)15-30-26(33)23-13-12-20(22-14-19(36-7)10-11-21(22)25(32)29-9-2)24(31-23)27(34)38-18(6)39-28(35)37-16(3)4;1-2/h10-14,16-18H,8-9,15H2,1-7H3,(H,29,32)(H,30,33);1-2H3. The predicted molar refractivity (Wildman–Crippen MR) is 155 cm³/mol. The molecule has 1 aromatic carbocycles. The minimum absolute atomic E-state index is 0.0238. The molecule has 2 aromatic rings. The lowest BCUT2D eigenvalue weighted by Gasteiger charge is -2.18. The molecule has 0 saturated carbocycles. The van der Waals surface area contributed by atoms with E-state index in [0.717, 1.165) is 6.42 Å². The molecule has 0 aliphatic heterocycles. The van der Waals surface area contributed by atoms with Gasteiger partial charge in [-0.05, 0) is 57.0 Å². The number of carbonyl (C=O) groups excluding carboxylic acids is 4. The maximum absolute atomic E-state index is 13.3. The van der Waals surface area contributed by atoms with Gasteiger partial charge < -0.3 is 29.6 Å². The van der Waals surface area contributed by atoms with Gasteiger partial charge in [-0.15, -0.1) is 0 Å². The van der Waals surface area contributed by atoms with E-state index in [9.17, 15) is 19.2 Å². The monoisotopic (exact) mass is 573 g/mol. The van der Waals surface area contributed by atoms with Crippen molar-refractivity contribution in [2.75, 3.05) is 20.2 Å². The van der Waals surface area contributed by atoms with Crippen LogP contribution in [0.3, 0.4) is 0 Å². The first-order chi connectivity index (χ1) is 19.5. The van der Waals surface area contributed by atoms with Crippen molar-refractivity contribution in [3.63, 3.8) is 0 Å². The number of hydrogen-bond donors (Lipinski definition) is 2. The van der Waals surface area contributed by atoms with Crippen LogP contribution in [0.2, 0.25) is 0 Å². The van der Waals surface area contributed by atoms with Gasteiger partial charge in [-0.25, -0.2) is 14.6 Å². The van der Waals surface area contributed by atoms with Crippen LogP contribution >= 0.6 is 0 Å². The summed E-state index contributed by atoms with van der Waals surface area (Å²) >= 11 is 0. The summed E-state index contributed by atoms with van der Waals surface area (Å²) in [6.07, 6.45) is -1.89. The Morgan fingerprint density at radius 3 is 2.12 bits per heavy atom. The molecule has 11 heteroatoms. The number of methoxy groups -OCH3 is 1. The van der Waals surface area contributed by atoms with Gasteiger partial charge in [0.15, 0.2) is 5.69 Å². The molecule has 41 heavy (non-hydrogen) atoms. The Labute approximate surface area is 242 Å². The van der Waals surface area contributed by atoms with Gasteiger partial charge in [0.1, 0.15) is 11.4 Å². The topological polar surface area (TPSA) is 142 Å². The summed E-state index contributed by atoms with van der Waals surface area (Å²) in [5, 5.41) is 5.54. The fourth-order valence-corrected chi connectivity index (χ4v) is 3.37. The van der Waals surface area contributed by atoms with Crippen LogP contribution in [0, 0.1) is 5.92 Å². The predicted octanol–water partition coefficient (Wildman–Crippen LogP) is 5.37. The largest absolute Gasteiger partial charge is 0.511 e. The average molecular weight is 574 g/mol. The molecule has 2 atom stereocenters. The molecule has 1 aromatic heterocycles. The minimum atomic E-state index is -1.32. The Bertz CT molecular complexity index is 1180. The van der Waals surface area contributed by atoms with Crippen LogP contribution in [0.1, 0.15) is 93.1 Å². The molecule has 0 spiro atoms. The van der Waals surface area contributed by atoms with Crippen molar-refractivity contribution in [3.8, 4) is 16.9 Å². The lowest BCUT2D eigenvalue weighted by atomic mass is 9.96. The van der Waals surface area contributed by atoms with Crippen LogP contribution in [-0.4, -0.2) is 61.5 Å². The molecule has 11 nitrogen and oxygen atoms in total. The second-order valence-corrected chi connectivity index (χ2v) is 9.09. The van der Waals surface area contributed by atoms with Gasteiger partial charge in [0.25, 0.3) is 11.8 Å². The number of aromatic nitrogens is 1. The number of pyridine rings is 1. The quantitative estimate of drug-likeness (QED) is 0.253. The van der Waals surface area contributed by atoms with E-state index in [1.54, 1.807) is 39.0 Å². The first-order valence-corrected chi connectivity index (χ1v) is 13.8. The van der Waals surface area contributed by atoms with Crippen molar-refractivity contribution in [2.24, 2.45) is 5.92 Å². The number of nitrogens with zero attached hydrogens (tertiary/aromatic N) is 1. The normalized spacial score (nSPS) is 11.8. The summed E-state index contributed by atoms with van der Waals surface area (Å²) in [5.74, 6) is -1.15. The van der Waals surface area contributed by atoms with Crippen LogP contribution < -0.4 is 15.4 Å². The van der Waals surface area contributed by atoms with E-state index in [1.165, 1.54) is 26.2 Å². The summed E-state index contributed by atoms with van der Waals surface area (Å²) in [5.41, 5.74) is 0.531. The zero-order valence-electron chi connectivity index (χ0n) is 25.5. The highest BCUT2D eigenvalue weighted by molar-refractivity contribution is 6.05. The second kappa shape index (κ2) is 17.5. The van der Waals surface area contributed by atoms with Crippen LogP contribution in [-0.2, 0) is 14.2 Å². The Kier molecular flexibility index (Phi) is 14.9. The van der Waals surface area contributed by atoms with Gasteiger partial charge in [-0.2, -0.15) is 0 Å². The van der Waals surface area contributed by atoms with E-state index >= 15 is 0 Å². The summed E-state index contributed by atoms with van der Waals surface area (Å²) in [6, 6.07) is 7.74. The number of ether oxygens (including phenoxy) is 4. The zero-order chi connectivity index (χ0) is 31.1. The van der Waals surface area contributed by atoms with E-state index in [4.69, 9.17) is 18.9 Å². The number of hydrogen-bond acceptors (Lipinski definition) is 9. The fraction of sp³-hybridized carbons (Fsp3) is 0.500. The fourth-order valence-electron chi connectivity index (χ4n) is 3.37. The van der Waals surface area contributed by atoms with Crippen molar-refractivity contribution in [3.05, 3.63) is 47.3 Å². The first-order valence-electron chi connectivity index (χ1n) is 13.8. The van der Waals surface area contributed by atoms with Crippen molar-refractivity contribution < 1.29 is 38.1 Å². The van der Waals surface area contributed by atoms with Crippen molar-refractivity contribution >= 4 is 23.9 Å². The van der Waals surface area contributed by atoms with E-state index in [1.807, 2.05) is 27.7 Å². The van der Waals surface area contributed by atoms with Crippen LogP contribution in [0.4, 0.5) is 4.79 Å². The Hall–Kier alpha value is -4.15. The molecule has 1 heterocycles. The van der Waals surface area contributed by atoms with E-state index in [-0.39, 0.29) is 34.3 Å². The second-order valence-electron chi connectivity index (χ2n) is 9.09. The van der Waals surface area contributed by atoms with Gasteiger partial charge in [0.05, 0.1) is 13.2 Å². The first kappa shape index (κ1) is 34.9. The van der Waals surface area contributed by atoms with Crippen molar-refractivity contribution in [2.45, 2.75) is 74.2 Å². The molecular formula is C30H43N3O8. The maximum Gasteiger partial charge on any atom is 0.511 e. The molecule has 0 radical (unpaired) electrons. The molecule has 0 aliphatic carbocycles. The molecule has 0 aliphatic rings. The molecular weight excluding hydrogens is 530 g/mol. The molecule has 2 rings (SSSR count). The lowest BCUT2D eigenvalue weighted by molar-refractivity contribution is -0.0868. The lowest BCUT2D eigenvalue weighted by Crippen LogP contribution is -2.30. The number of carbonyl (C=O) groups is 4. The van der Waals surface area contributed by atoms with Crippen molar-refractivity contribution in [1.29, 1.82) is 0 Å². The highest BCUT2D eigenvalue weighted by atomic mass is 16.8. The third kappa shape index (κ3) is 10.7. The number of rotatable bonds is 12. The van der Waals surface area contributed by atoms with E-state index in [0.29, 0.717) is 24.4 Å². The van der Waals surface area contributed by atoms with Crippen LogP contribution in [0.25, 0.3) is 11.1 Å². The molecule has 0 bridgehead atoms. The zero-order valence-corrected chi connectivity index (χ0v) is 25.5. The van der Waals surface area contributed by atoms with E-state index in [2.05, 4.69) is 15.6 Å². The smallest absolute Gasteiger partial charge is 0.497 e. The molecule has 2 amide bonds. The summed E-state index contributed by atoms with van der Waals surface area (Å²) in [4.78, 5) is 55.1. The molecule has 226 valence electrons. The average Bonchev–Trinajstić information content (AvgIpc) is 2.95. The summed E-state index contributed by atoms with van der Waals surface area (Å²) < 4.78 is 20.6. The molecule has 0 fully saturated rings. The Morgan fingerprint density at radius 1 is 0.854 bits per heavy atom. The van der Waals surface area contributed by atoms with Gasteiger partial charge in [-0.1, -0.05) is 34.1 Å². The summed E-state index contributed by atoms with van der Waals surface area (Å²) in [6.45, 7) is 15.2. The highest BCUT2D eigenvalue weighted by Crippen LogP contribution is 2.31. The molecule has 0 saturated heterocycles. The molecule has 2 N–H and O–H groups in total. The molecule has 2 unspecified atom stereocenters. The third-order valence-corrected chi connectivity index (χ3v) is 5.60. The van der Waals surface area contributed by atoms with Crippen molar-refractivity contribution in [1.82, 2.24) is 15.6 Å². The van der Waals surface area contributed by atoms with Crippen LogP contribution in [0.5, 0.6) is 5.75 Å². The number of nitrogens with one attached hydrogen (secondary N) is 2. The SMILES string of the molecule is CC.CCNC(=O)c1ccc(OC)cc1-c1ccc(C(=O)NCC(C)CC)nc1C(=O)OC(C)OC(=O)OC(C)C. The van der Waals surface area contributed by atoms with Gasteiger partial charge in [0, 0.05) is 36.7 Å². The minimum Gasteiger partial charge on any atom is -0.497 e.